The third-order valence-electron chi connectivity index (χ3n) is 3.11. The van der Waals surface area contributed by atoms with Crippen LogP contribution >= 0.6 is 11.6 Å². The highest BCUT2D eigenvalue weighted by molar-refractivity contribution is 6.35. The van der Waals surface area contributed by atoms with E-state index in [-0.39, 0.29) is 16.4 Å². The van der Waals surface area contributed by atoms with Crippen molar-refractivity contribution in [2.75, 3.05) is 5.73 Å². The van der Waals surface area contributed by atoms with Crippen LogP contribution in [0.25, 0.3) is 0 Å². The minimum atomic E-state index is -1.43. The molecule has 6 heteroatoms. The highest BCUT2D eigenvalue weighted by atomic mass is 35.5. The molecule has 0 radical (unpaired) electrons. The van der Waals surface area contributed by atoms with Crippen molar-refractivity contribution >= 4 is 23.3 Å². The molecule has 5 nitrogen and oxygen atoms in total. The Morgan fingerprint density at radius 2 is 1.62 bits per heavy atom. The molecule has 0 aromatic carbocycles. The van der Waals surface area contributed by atoms with Crippen molar-refractivity contribution in [2.45, 2.75) is 59.7 Å². The van der Waals surface area contributed by atoms with E-state index in [4.69, 9.17) is 17.3 Å². The molecule has 1 aromatic rings. The van der Waals surface area contributed by atoms with Gasteiger partial charge in [0.1, 0.15) is 5.69 Å². The van der Waals surface area contributed by atoms with Gasteiger partial charge in [0.05, 0.1) is 34.8 Å². The van der Waals surface area contributed by atoms with E-state index < -0.39 is 5.97 Å². The number of carboxylic acids is 1. The molecule has 0 unspecified atom stereocenters. The molecule has 0 bridgehead atoms. The number of hydrogen-bond acceptors (Lipinski definition) is 4. The Bertz CT molecular complexity index is 443. The van der Waals surface area contributed by atoms with Gasteiger partial charge in [0.15, 0.2) is 0 Å². The Balaban J connectivity index is 0.000000384. The number of rotatable bonds is 4. The fraction of sp³-hybridized carbons (Fsp3) is 0.600. The van der Waals surface area contributed by atoms with E-state index >= 15 is 0 Å². The summed E-state index contributed by atoms with van der Waals surface area (Å²) in [5.74, 6) is -1.43. The second kappa shape index (κ2) is 8.85. The molecule has 21 heavy (non-hydrogen) atoms. The number of halogens is 1. The van der Waals surface area contributed by atoms with Gasteiger partial charge in [-0.25, -0.2) is 0 Å². The molecule has 0 aliphatic rings. The molecule has 120 valence electrons. The maximum absolute atomic E-state index is 10.3. The zero-order chi connectivity index (χ0) is 16.7. The highest BCUT2D eigenvalue weighted by Crippen LogP contribution is 2.19. The van der Waals surface area contributed by atoms with E-state index in [0.29, 0.717) is 0 Å². The highest BCUT2D eigenvalue weighted by Gasteiger charge is 2.19. The zero-order valence-corrected chi connectivity index (χ0v) is 14.4. The number of hydrogen-bond donors (Lipinski definition) is 2. The van der Waals surface area contributed by atoms with Crippen molar-refractivity contribution in [3.63, 3.8) is 0 Å². The van der Waals surface area contributed by atoms with Crippen molar-refractivity contribution in [1.82, 2.24) is 4.98 Å². The number of pyridine rings is 1. The SMILES string of the molecule is CC(C)[NH+](C(C)C)C(C)C.Nc1ccnc(C(=O)[O-])c1Cl. The molecule has 3 N–H and O–H groups in total. The van der Waals surface area contributed by atoms with Crippen molar-refractivity contribution < 1.29 is 14.8 Å². The largest absolute Gasteiger partial charge is 0.543 e. The molecular formula is C15H26ClN3O2. The van der Waals surface area contributed by atoms with E-state index in [0.717, 1.165) is 18.1 Å². The molecule has 0 spiro atoms. The van der Waals surface area contributed by atoms with Gasteiger partial charge in [-0.15, -0.1) is 0 Å². The summed E-state index contributed by atoms with van der Waals surface area (Å²) in [5.41, 5.74) is 5.15. The lowest BCUT2D eigenvalue weighted by Gasteiger charge is -2.31. The lowest BCUT2D eigenvalue weighted by molar-refractivity contribution is -0.962. The number of nitrogens with one attached hydrogen (secondary N) is 1. The van der Waals surface area contributed by atoms with Crippen LogP contribution in [0.5, 0.6) is 0 Å². The predicted molar refractivity (Wildman–Crippen MR) is 84.4 cm³/mol. The first-order valence-electron chi connectivity index (χ1n) is 7.07. The number of nitrogens with zero attached hydrogens (tertiary/aromatic N) is 1. The first kappa shape index (κ1) is 19.7. The third kappa shape index (κ3) is 6.31. The van der Waals surface area contributed by atoms with Crippen molar-refractivity contribution in [3.8, 4) is 0 Å². The van der Waals surface area contributed by atoms with Crippen LogP contribution in [0.15, 0.2) is 12.3 Å². The second-order valence-corrected chi connectivity index (χ2v) is 6.19. The number of quaternary nitrogens is 1. The quantitative estimate of drug-likeness (QED) is 0.860. The summed E-state index contributed by atoms with van der Waals surface area (Å²) in [5, 5.41) is 10.2. The van der Waals surface area contributed by atoms with Crippen LogP contribution in [0.1, 0.15) is 52.0 Å². The summed E-state index contributed by atoms with van der Waals surface area (Å²) in [6.45, 7) is 13.7. The topological polar surface area (TPSA) is 83.5 Å². The summed E-state index contributed by atoms with van der Waals surface area (Å²) < 4.78 is 0. The zero-order valence-electron chi connectivity index (χ0n) is 13.6. The smallest absolute Gasteiger partial charge is 0.106 e. The molecule has 0 atom stereocenters. The molecule has 0 saturated carbocycles. The van der Waals surface area contributed by atoms with Gasteiger partial charge >= 0.3 is 0 Å². The lowest BCUT2D eigenvalue weighted by Crippen LogP contribution is -3.20. The first-order chi connectivity index (χ1) is 9.59. The Morgan fingerprint density at radius 1 is 1.19 bits per heavy atom. The van der Waals surface area contributed by atoms with Crippen molar-refractivity contribution in [3.05, 3.63) is 23.0 Å². The Kier molecular flexibility index (Phi) is 8.29. The average Bonchev–Trinajstić information content (AvgIpc) is 2.31. The Hall–Kier alpha value is -1.33. The van der Waals surface area contributed by atoms with Crippen molar-refractivity contribution in [1.29, 1.82) is 0 Å². The normalized spacial score (nSPS) is 11.0. The number of carbonyl (C=O) groups is 1. The van der Waals surface area contributed by atoms with E-state index in [9.17, 15) is 9.90 Å². The number of nitrogen functional groups attached to an aromatic ring is 1. The number of anilines is 1. The van der Waals surface area contributed by atoms with Crippen LogP contribution in [0, 0.1) is 0 Å². The Labute approximate surface area is 132 Å². The minimum absolute atomic E-state index is 0.0764. The second-order valence-electron chi connectivity index (χ2n) is 5.81. The molecule has 1 heterocycles. The lowest BCUT2D eigenvalue weighted by atomic mass is 10.2. The van der Waals surface area contributed by atoms with Gasteiger partial charge < -0.3 is 20.5 Å². The van der Waals surface area contributed by atoms with Gasteiger partial charge in [0.2, 0.25) is 0 Å². The molecule has 1 aromatic heterocycles. The van der Waals surface area contributed by atoms with Crippen LogP contribution in [-0.2, 0) is 0 Å². The number of aromatic nitrogens is 1. The molecule has 0 amide bonds. The number of carboxylic acid groups (broad SMARTS) is 1. The van der Waals surface area contributed by atoms with Crippen LogP contribution in [0.4, 0.5) is 5.69 Å². The molecule has 0 aliphatic heterocycles. The van der Waals surface area contributed by atoms with E-state index in [1.54, 1.807) is 4.90 Å². The maximum atomic E-state index is 10.3. The number of aromatic carboxylic acids is 1. The van der Waals surface area contributed by atoms with Crippen LogP contribution in [-0.4, -0.2) is 29.1 Å². The van der Waals surface area contributed by atoms with Crippen LogP contribution in [0.2, 0.25) is 5.02 Å². The van der Waals surface area contributed by atoms with E-state index in [1.165, 1.54) is 12.3 Å². The van der Waals surface area contributed by atoms with E-state index in [1.807, 2.05) is 0 Å². The standard InChI is InChI=1S/C9H21N.C6H5ClN2O2/c1-7(2)10(8(3)4)9(5)6;7-4-3(8)1-2-9-5(4)6(10)11/h7-9H,1-6H3;1-2H,(H2,8,9)(H,10,11). The third-order valence-corrected chi connectivity index (χ3v) is 3.51. The summed E-state index contributed by atoms with van der Waals surface area (Å²) >= 11 is 5.48. The van der Waals surface area contributed by atoms with Crippen LogP contribution in [0.3, 0.4) is 0 Å². The first-order valence-corrected chi connectivity index (χ1v) is 7.45. The van der Waals surface area contributed by atoms with Gasteiger partial charge in [-0.2, -0.15) is 0 Å². The fourth-order valence-corrected chi connectivity index (χ4v) is 2.79. The molecule has 0 fully saturated rings. The number of carbonyl (C=O) groups excluding carboxylic acids is 1. The fourth-order valence-electron chi connectivity index (χ4n) is 2.60. The van der Waals surface area contributed by atoms with Gasteiger partial charge in [-0.3, -0.25) is 4.98 Å². The maximum Gasteiger partial charge on any atom is 0.106 e. The predicted octanol–water partition coefficient (Wildman–Crippen LogP) is 0.777. The average molecular weight is 316 g/mol. The Morgan fingerprint density at radius 3 is 1.86 bits per heavy atom. The molecule has 0 aliphatic carbocycles. The van der Waals surface area contributed by atoms with Gasteiger partial charge in [-0.1, -0.05) is 11.6 Å². The number of nitrogens with two attached hydrogens (primary N) is 1. The summed E-state index contributed by atoms with van der Waals surface area (Å²) in [6.07, 6.45) is 1.26. The minimum Gasteiger partial charge on any atom is -0.543 e. The molecule has 0 saturated heterocycles. The summed E-state index contributed by atoms with van der Waals surface area (Å²) in [6, 6.07) is 3.66. The van der Waals surface area contributed by atoms with Gasteiger partial charge in [0, 0.05) is 6.20 Å². The van der Waals surface area contributed by atoms with Gasteiger partial charge in [-0.05, 0) is 47.6 Å². The summed E-state index contributed by atoms with van der Waals surface area (Å²) in [4.78, 5) is 15.4. The van der Waals surface area contributed by atoms with E-state index in [2.05, 4.69) is 46.5 Å². The monoisotopic (exact) mass is 315 g/mol. The van der Waals surface area contributed by atoms with Crippen molar-refractivity contribution in [2.24, 2.45) is 0 Å². The molecule has 1 rings (SSSR count). The van der Waals surface area contributed by atoms with Gasteiger partial charge in [0.25, 0.3) is 0 Å². The molecular weight excluding hydrogens is 290 g/mol. The summed E-state index contributed by atoms with van der Waals surface area (Å²) in [7, 11) is 0. The van der Waals surface area contributed by atoms with Crippen LogP contribution < -0.4 is 15.7 Å².